The van der Waals surface area contributed by atoms with Crippen LogP contribution < -0.4 is 5.32 Å². The lowest BCUT2D eigenvalue weighted by atomic mass is 10.2. The number of pyridine rings is 1. The summed E-state index contributed by atoms with van der Waals surface area (Å²) in [5.41, 5.74) is 0.321. The Bertz CT molecular complexity index is 346. The Morgan fingerprint density at radius 2 is 2.21 bits per heavy atom. The van der Waals surface area contributed by atoms with Crippen molar-refractivity contribution in [3.8, 4) is 0 Å². The summed E-state index contributed by atoms with van der Waals surface area (Å²) in [6.07, 6.45) is 1.31. The molecule has 0 aliphatic carbocycles. The summed E-state index contributed by atoms with van der Waals surface area (Å²) in [6.45, 7) is 0.829. The second-order valence-electron chi connectivity index (χ2n) is 2.69. The Kier molecular flexibility index (Phi) is 3.30. The van der Waals surface area contributed by atoms with Crippen molar-refractivity contribution in [3.63, 3.8) is 0 Å². The predicted octanol–water partition coefficient (Wildman–Crippen LogP) is 0.215. The highest BCUT2D eigenvalue weighted by Crippen LogP contribution is 2.05. The number of Topliss-reactive ketones (excluding diaryl/α,β-unsaturated/α-hetero) is 1. The zero-order chi connectivity index (χ0) is 10.6. The van der Waals surface area contributed by atoms with Crippen LogP contribution in [0.1, 0.15) is 17.3 Å². The average Bonchev–Trinajstić information content (AvgIpc) is 2.17. The minimum atomic E-state index is -0.541. The number of anilines is 1. The fraction of sp³-hybridized carbons (Fsp3) is 0.222. The SMILES string of the molecule is CC(=O)Nc1ccc(C(=O)CO)cn1. The lowest BCUT2D eigenvalue weighted by molar-refractivity contribution is -0.114. The number of aliphatic hydroxyl groups excluding tert-OH is 1. The molecule has 0 spiro atoms. The van der Waals surface area contributed by atoms with Crippen LogP contribution in [0, 0.1) is 0 Å². The van der Waals surface area contributed by atoms with Crippen molar-refractivity contribution in [1.82, 2.24) is 4.98 Å². The third-order valence-electron chi connectivity index (χ3n) is 1.53. The number of amides is 1. The van der Waals surface area contributed by atoms with E-state index in [1.54, 1.807) is 0 Å². The molecule has 0 bridgehead atoms. The molecule has 0 aliphatic heterocycles. The molecule has 2 N–H and O–H groups in total. The van der Waals surface area contributed by atoms with Crippen LogP contribution in [0.15, 0.2) is 18.3 Å². The van der Waals surface area contributed by atoms with Gasteiger partial charge in [0, 0.05) is 18.7 Å². The lowest BCUT2D eigenvalue weighted by Crippen LogP contribution is -2.09. The lowest BCUT2D eigenvalue weighted by Gasteiger charge is -2.01. The Balaban J connectivity index is 2.78. The van der Waals surface area contributed by atoms with Crippen LogP contribution in [0.25, 0.3) is 0 Å². The van der Waals surface area contributed by atoms with Crippen LogP contribution in [0.5, 0.6) is 0 Å². The molecule has 0 unspecified atom stereocenters. The molecule has 74 valence electrons. The van der Waals surface area contributed by atoms with E-state index in [2.05, 4.69) is 10.3 Å². The highest BCUT2D eigenvalue weighted by Gasteiger charge is 2.04. The van der Waals surface area contributed by atoms with E-state index in [9.17, 15) is 9.59 Å². The van der Waals surface area contributed by atoms with E-state index in [-0.39, 0.29) is 5.91 Å². The smallest absolute Gasteiger partial charge is 0.222 e. The fourth-order valence-electron chi connectivity index (χ4n) is 0.904. The third kappa shape index (κ3) is 2.63. The van der Waals surface area contributed by atoms with E-state index in [1.165, 1.54) is 25.3 Å². The molecular formula is C9H10N2O3. The Morgan fingerprint density at radius 1 is 1.50 bits per heavy atom. The molecule has 0 saturated carbocycles. The number of rotatable bonds is 3. The summed E-state index contributed by atoms with van der Waals surface area (Å²) in [5, 5.41) is 11.0. The topological polar surface area (TPSA) is 79.3 Å². The summed E-state index contributed by atoms with van der Waals surface area (Å²) in [5.74, 6) is -0.238. The van der Waals surface area contributed by atoms with Crippen molar-refractivity contribution in [2.75, 3.05) is 11.9 Å². The minimum Gasteiger partial charge on any atom is -0.388 e. The first kappa shape index (κ1) is 10.3. The Hall–Kier alpha value is -1.75. The molecule has 1 heterocycles. The van der Waals surface area contributed by atoms with Gasteiger partial charge in [-0.25, -0.2) is 4.98 Å². The summed E-state index contributed by atoms with van der Waals surface area (Å²) < 4.78 is 0. The molecule has 0 atom stereocenters. The third-order valence-corrected chi connectivity index (χ3v) is 1.53. The highest BCUT2D eigenvalue weighted by molar-refractivity contribution is 5.97. The second-order valence-corrected chi connectivity index (χ2v) is 2.69. The van der Waals surface area contributed by atoms with Crippen molar-refractivity contribution in [2.45, 2.75) is 6.92 Å². The van der Waals surface area contributed by atoms with E-state index < -0.39 is 12.4 Å². The van der Waals surface area contributed by atoms with Crippen LogP contribution >= 0.6 is 0 Å². The molecule has 0 aromatic carbocycles. The van der Waals surface area contributed by atoms with Crippen molar-refractivity contribution >= 4 is 17.5 Å². The standard InChI is InChI=1S/C9H10N2O3/c1-6(13)11-9-3-2-7(4-10-9)8(14)5-12/h2-4,12H,5H2,1H3,(H,10,11,13). The van der Waals surface area contributed by atoms with Gasteiger partial charge in [-0.1, -0.05) is 0 Å². The van der Waals surface area contributed by atoms with Crippen molar-refractivity contribution in [3.05, 3.63) is 23.9 Å². The highest BCUT2D eigenvalue weighted by atomic mass is 16.3. The zero-order valence-corrected chi connectivity index (χ0v) is 7.65. The van der Waals surface area contributed by atoms with Crippen molar-refractivity contribution < 1.29 is 14.7 Å². The number of carbonyl (C=O) groups excluding carboxylic acids is 2. The number of ketones is 1. The van der Waals surface area contributed by atoms with Crippen LogP contribution in [0.4, 0.5) is 5.82 Å². The van der Waals surface area contributed by atoms with Gasteiger partial charge >= 0.3 is 0 Å². The monoisotopic (exact) mass is 194 g/mol. The van der Waals surface area contributed by atoms with Gasteiger partial charge in [-0.3, -0.25) is 9.59 Å². The zero-order valence-electron chi connectivity index (χ0n) is 7.65. The first-order valence-electron chi connectivity index (χ1n) is 4.01. The predicted molar refractivity (Wildman–Crippen MR) is 50.0 cm³/mol. The maximum absolute atomic E-state index is 11.0. The largest absolute Gasteiger partial charge is 0.388 e. The first-order valence-corrected chi connectivity index (χ1v) is 4.01. The fourth-order valence-corrected chi connectivity index (χ4v) is 0.904. The number of nitrogens with zero attached hydrogens (tertiary/aromatic N) is 1. The molecule has 1 aromatic rings. The number of aliphatic hydroxyl groups is 1. The van der Waals surface area contributed by atoms with Gasteiger partial charge in [0.1, 0.15) is 12.4 Å². The van der Waals surface area contributed by atoms with Crippen molar-refractivity contribution in [2.24, 2.45) is 0 Å². The van der Waals surface area contributed by atoms with E-state index in [0.29, 0.717) is 11.4 Å². The Labute approximate surface area is 80.8 Å². The van der Waals surface area contributed by atoms with Gasteiger partial charge in [-0.05, 0) is 12.1 Å². The van der Waals surface area contributed by atoms with E-state index in [4.69, 9.17) is 5.11 Å². The summed E-state index contributed by atoms with van der Waals surface area (Å²) >= 11 is 0. The van der Waals surface area contributed by atoms with Gasteiger partial charge in [0.25, 0.3) is 0 Å². The number of hydrogen-bond acceptors (Lipinski definition) is 4. The van der Waals surface area contributed by atoms with Crippen molar-refractivity contribution in [1.29, 1.82) is 0 Å². The van der Waals surface area contributed by atoms with Crippen LogP contribution in [0.2, 0.25) is 0 Å². The van der Waals surface area contributed by atoms with Gasteiger partial charge in [-0.15, -0.1) is 0 Å². The van der Waals surface area contributed by atoms with Crippen LogP contribution in [-0.4, -0.2) is 28.4 Å². The maximum Gasteiger partial charge on any atom is 0.222 e. The van der Waals surface area contributed by atoms with Gasteiger partial charge in [0.15, 0.2) is 5.78 Å². The maximum atomic E-state index is 11.0. The number of hydrogen-bond donors (Lipinski definition) is 2. The van der Waals surface area contributed by atoms with E-state index >= 15 is 0 Å². The van der Waals surface area contributed by atoms with Crippen LogP contribution in [0.3, 0.4) is 0 Å². The second kappa shape index (κ2) is 4.48. The average molecular weight is 194 g/mol. The molecule has 0 fully saturated rings. The first-order chi connectivity index (χ1) is 6.63. The molecule has 0 saturated heterocycles. The normalized spacial score (nSPS) is 9.57. The molecule has 0 radical (unpaired) electrons. The number of carbonyl (C=O) groups is 2. The van der Waals surface area contributed by atoms with Gasteiger partial charge in [-0.2, -0.15) is 0 Å². The molecule has 1 amide bonds. The Morgan fingerprint density at radius 3 is 2.64 bits per heavy atom. The number of aromatic nitrogens is 1. The summed E-state index contributed by atoms with van der Waals surface area (Å²) in [4.78, 5) is 25.4. The molecule has 1 aromatic heterocycles. The molecule has 0 aliphatic rings. The quantitative estimate of drug-likeness (QED) is 0.674. The van der Waals surface area contributed by atoms with Gasteiger partial charge in [0.2, 0.25) is 5.91 Å². The minimum absolute atomic E-state index is 0.223. The molecule has 5 nitrogen and oxygen atoms in total. The molecular weight excluding hydrogens is 184 g/mol. The van der Waals surface area contributed by atoms with E-state index in [0.717, 1.165) is 0 Å². The van der Waals surface area contributed by atoms with E-state index in [1.807, 2.05) is 0 Å². The molecule has 14 heavy (non-hydrogen) atoms. The summed E-state index contributed by atoms with van der Waals surface area (Å²) in [7, 11) is 0. The summed E-state index contributed by atoms with van der Waals surface area (Å²) in [6, 6.07) is 3.00. The number of nitrogens with one attached hydrogen (secondary N) is 1. The van der Waals surface area contributed by atoms with Crippen LogP contribution in [-0.2, 0) is 4.79 Å². The van der Waals surface area contributed by atoms with Gasteiger partial charge < -0.3 is 10.4 Å². The molecule has 1 rings (SSSR count). The molecule has 5 heteroatoms. The van der Waals surface area contributed by atoms with Gasteiger partial charge in [0.05, 0.1) is 0 Å².